The van der Waals surface area contributed by atoms with Crippen LogP contribution < -0.4 is 4.90 Å². The predicted octanol–water partition coefficient (Wildman–Crippen LogP) is 5.26. The van der Waals surface area contributed by atoms with E-state index in [0.29, 0.717) is 35.1 Å². The molecule has 1 saturated carbocycles. The fraction of sp³-hybridized carbons (Fsp3) is 0.241. The Morgan fingerprint density at radius 3 is 2.54 bits per heavy atom. The van der Waals surface area contributed by atoms with Crippen LogP contribution in [0.1, 0.15) is 24.8 Å². The summed E-state index contributed by atoms with van der Waals surface area (Å²) in [5.74, 6) is -0.346. The number of nitrogens with zero attached hydrogens (tertiary/aromatic N) is 3. The highest BCUT2D eigenvalue weighted by Gasteiger charge is 2.46. The number of rotatable bonds is 7. The molecule has 1 aliphatic carbocycles. The van der Waals surface area contributed by atoms with Crippen molar-refractivity contribution < 1.29 is 18.8 Å². The lowest BCUT2D eigenvalue weighted by atomic mass is 10.1. The summed E-state index contributed by atoms with van der Waals surface area (Å²) in [6, 6.07) is 21.1. The highest BCUT2D eigenvalue weighted by molar-refractivity contribution is 6.30. The van der Waals surface area contributed by atoms with E-state index in [2.05, 4.69) is 4.98 Å². The molecule has 2 heterocycles. The lowest BCUT2D eigenvalue weighted by molar-refractivity contribution is -0.139. The lowest BCUT2D eigenvalue weighted by Crippen LogP contribution is -2.47. The lowest BCUT2D eigenvalue weighted by Gasteiger charge is -2.28. The molecule has 6 rings (SSSR count). The van der Waals surface area contributed by atoms with Crippen LogP contribution in [0.25, 0.3) is 22.6 Å². The molecular formula is C29H24ClN3O4. The minimum Gasteiger partial charge on any atom is -0.436 e. The molecule has 37 heavy (non-hydrogen) atoms. The molecule has 4 aromatic rings. The highest BCUT2D eigenvalue weighted by atomic mass is 35.5. The number of fused-ring (bicyclic) bond motifs is 1. The van der Waals surface area contributed by atoms with E-state index < -0.39 is 6.04 Å². The molecule has 3 amide bonds. The Bertz CT molecular complexity index is 1480. The van der Waals surface area contributed by atoms with Gasteiger partial charge in [0.05, 0.1) is 12.1 Å². The predicted molar refractivity (Wildman–Crippen MR) is 140 cm³/mol. The Balaban J connectivity index is 1.22. The van der Waals surface area contributed by atoms with Gasteiger partial charge in [-0.1, -0.05) is 35.9 Å². The first-order valence-electron chi connectivity index (χ1n) is 12.4. The summed E-state index contributed by atoms with van der Waals surface area (Å²) in [7, 11) is 0. The number of oxazole rings is 1. The zero-order valence-corrected chi connectivity index (χ0v) is 20.7. The number of anilines is 1. The zero-order chi connectivity index (χ0) is 25.5. The Morgan fingerprint density at radius 1 is 1.03 bits per heavy atom. The number of hydrogen-bond donors (Lipinski definition) is 0. The second-order valence-electron chi connectivity index (χ2n) is 9.51. The number of aromatic nitrogens is 1. The number of hydrogen-bond acceptors (Lipinski definition) is 5. The van der Waals surface area contributed by atoms with Gasteiger partial charge in [-0.15, -0.1) is 0 Å². The molecule has 8 heteroatoms. The third-order valence-corrected chi connectivity index (χ3v) is 7.14. The molecule has 0 radical (unpaired) electrons. The monoisotopic (exact) mass is 513 g/mol. The van der Waals surface area contributed by atoms with Crippen molar-refractivity contribution in [3.8, 4) is 11.5 Å². The largest absolute Gasteiger partial charge is 0.436 e. The van der Waals surface area contributed by atoms with E-state index >= 15 is 0 Å². The van der Waals surface area contributed by atoms with Crippen LogP contribution in [0.15, 0.2) is 77.2 Å². The summed E-state index contributed by atoms with van der Waals surface area (Å²) in [5, 5.41) is 0.622. The molecule has 0 spiro atoms. The Morgan fingerprint density at radius 2 is 1.81 bits per heavy atom. The molecule has 0 bridgehead atoms. The van der Waals surface area contributed by atoms with Crippen LogP contribution in [-0.4, -0.2) is 40.2 Å². The first kappa shape index (κ1) is 23.4. The van der Waals surface area contributed by atoms with Gasteiger partial charge in [0.15, 0.2) is 5.58 Å². The number of amides is 3. The molecule has 1 atom stereocenters. The van der Waals surface area contributed by atoms with Gasteiger partial charge < -0.3 is 9.32 Å². The quantitative estimate of drug-likeness (QED) is 0.315. The Kier molecular flexibility index (Phi) is 6.00. The van der Waals surface area contributed by atoms with Gasteiger partial charge in [-0.25, -0.2) is 9.88 Å². The van der Waals surface area contributed by atoms with Gasteiger partial charge in [-0.2, -0.15) is 0 Å². The number of imide groups is 1. The van der Waals surface area contributed by atoms with Crippen LogP contribution in [0.5, 0.6) is 0 Å². The summed E-state index contributed by atoms with van der Waals surface area (Å²) in [5.41, 5.74) is 3.62. The molecule has 1 aromatic heterocycles. The van der Waals surface area contributed by atoms with Crippen molar-refractivity contribution in [3.05, 3.63) is 83.4 Å². The van der Waals surface area contributed by atoms with Gasteiger partial charge in [-0.3, -0.25) is 14.4 Å². The number of carbonyl (C=O) groups is 3. The molecule has 1 aliphatic heterocycles. The number of halogens is 1. The van der Waals surface area contributed by atoms with E-state index in [-0.39, 0.29) is 30.1 Å². The maximum Gasteiger partial charge on any atom is 0.257 e. The van der Waals surface area contributed by atoms with Crippen molar-refractivity contribution in [1.82, 2.24) is 9.88 Å². The average molecular weight is 514 g/mol. The second-order valence-corrected chi connectivity index (χ2v) is 9.94. The molecular weight excluding hydrogens is 490 g/mol. The maximum atomic E-state index is 13.5. The van der Waals surface area contributed by atoms with Crippen molar-refractivity contribution in [2.45, 2.75) is 31.7 Å². The summed E-state index contributed by atoms with van der Waals surface area (Å²) < 4.78 is 5.82. The number of carbonyl (C=O) groups excluding carboxylic acids is 3. The van der Waals surface area contributed by atoms with Crippen molar-refractivity contribution >= 4 is 46.1 Å². The van der Waals surface area contributed by atoms with E-state index in [1.54, 1.807) is 35.2 Å². The van der Waals surface area contributed by atoms with Crippen LogP contribution in [0.2, 0.25) is 5.02 Å². The van der Waals surface area contributed by atoms with E-state index in [0.717, 1.165) is 29.5 Å². The van der Waals surface area contributed by atoms with E-state index in [9.17, 15) is 14.4 Å². The summed E-state index contributed by atoms with van der Waals surface area (Å²) in [4.78, 5) is 47.0. The highest BCUT2D eigenvalue weighted by Crippen LogP contribution is 2.35. The van der Waals surface area contributed by atoms with Gasteiger partial charge in [0.25, 0.3) is 5.91 Å². The standard InChI is InChI=1S/C29H24ClN3O4/c30-21-5-3-4-18(16-21)14-15-32(28(35)20-8-9-20)24-17-26(34)33(29(24)36)22-12-10-19(11-13-22)27-31-23-6-1-2-7-25(23)37-27/h1-7,10-13,16,20,24H,8-9,14-15,17H2. The van der Waals surface area contributed by atoms with Crippen LogP contribution in [0.4, 0.5) is 5.69 Å². The molecule has 3 aromatic carbocycles. The Labute approximate surface area is 218 Å². The maximum absolute atomic E-state index is 13.5. The first-order valence-corrected chi connectivity index (χ1v) is 12.7. The molecule has 7 nitrogen and oxygen atoms in total. The topological polar surface area (TPSA) is 83.7 Å². The van der Waals surface area contributed by atoms with Gasteiger partial charge >= 0.3 is 0 Å². The van der Waals surface area contributed by atoms with Crippen molar-refractivity contribution in [3.63, 3.8) is 0 Å². The van der Waals surface area contributed by atoms with Crippen LogP contribution in [0.3, 0.4) is 0 Å². The SMILES string of the molecule is O=C1CC(N(CCc2cccc(Cl)c2)C(=O)C2CC2)C(=O)N1c1ccc(-c2nc3ccccc3o2)cc1. The average Bonchev–Trinajstić information content (AvgIpc) is 3.59. The minimum absolute atomic E-state index is 0.0281. The van der Waals surface area contributed by atoms with Crippen molar-refractivity contribution in [1.29, 1.82) is 0 Å². The van der Waals surface area contributed by atoms with Crippen LogP contribution in [0, 0.1) is 5.92 Å². The number of para-hydroxylation sites is 2. The van der Waals surface area contributed by atoms with Gasteiger partial charge in [0, 0.05) is 23.0 Å². The zero-order valence-electron chi connectivity index (χ0n) is 20.0. The van der Waals surface area contributed by atoms with Crippen LogP contribution >= 0.6 is 11.6 Å². The fourth-order valence-corrected chi connectivity index (χ4v) is 5.02. The molecule has 0 N–H and O–H groups in total. The Hall–Kier alpha value is -3.97. The molecule has 1 unspecified atom stereocenters. The van der Waals surface area contributed by atoms with Gasteiger partial charge in [0.1, 0.15) is 11.6 Å². The molecule has 2 aliphatic rings. The van der Waals surface area contributed by atoms with Crippen LogP contribution in [-0.2, 0) is 20.8 Å². The summed E-state index contributed by atoms with van der Waals surface area (Å²) in [6.07, 6.45) is 2.17. The second kappa shape index (κ2) is 9.48. The van der Waals surface area contributed by atoms with E-state index in [1.807, 2.05) is 42.5 Å². The third-order valence-electron chi connectivity index (χ3n) is 6.91. The van der Waals surface area contributed by atoms with E-state index in [4.69, 9.17) is 16.0 Å². The summed E-state index contributed by atoms with van der Waals surface area (Å²) >= 11 is 6.11. The molecule has 1 saturated heterocycles. The van der Waals surface area contributed by atoms with Crippen molar-refractivity contribution in [2.75, 3.05) is 11.4 Å². The normalized spacial score (nSPS) is 17.5. The summed E-state index contributed by atoms with van der Waals surface area (Å²) in [6.45, 7) is 0.351. The first-order chi connectivity index (χ1) is 18.0. The minimum atomic E-state index is -0.809. The molecule has 2 fully saturated rings. The van der Waals surface area contributed by atoms with Gasteiger partial charge in [0.2, 0.25) is 17.7 Å². The number of benzene rings is 3. The molecule has 186 valence electrons. The smallest absolute Gasteiger partial charge is 0.257 e. The van der Waals surface area contributed by atoms with E-state index in [1.165, 1.54) is 4.90 Å². The third kappa shape index (κ3) is 4.62. The fourth-order valence-electron chi connectivity index (χ4n) is 4.81. The van der Waals surface area contributed by atoms with Gasteiger partial charge in [-0.05, 0) is 73.4 Å². The van der Waals surface area contributed by atoms with Crippen molar-refractivity contribution in [2.24, 2.45) is 5.92 Å².